The molecule has 1 aliphatic heterocycles. The Labute approximate surface area is 113 Å². The normalized spacial score (nSPS) is 16.7. The maximum Gasteiger partial charge on any atom is 0.118 e. The first-order valence-electron chi connectivity index (χ1n) is 6.45. The van der Waals surface area contributed by atoms with Crippen LogP contribution in [0.1, 0.15) is 6.42 Å². The molecule has 0 bridgehead atoms. The van der Waals surface area contributed by atoms with Gasteiger partial charge in [-0.15, -0.1) is 11.8 Å². The third-order valence-corrected chi connectivity index (χ3v) is 4.15. The molecule has 1 aromatic carbocycles. The summed E-state index contributed by atoms with van der Waals surface area (Å²) >= 11 is 1.91. The highest BCUT2D eigenvalue weighted by Gasteiger charge is 2.09. The van der Waals surface area contributed by atoms with Crippen molar-refractivity contribution in [2.45, 2.75) is 11.3 Å². The van der Waals surface area contributed by atoms with E-state index in [-0.39, 0.29) is 0 Å². The molecular weight excluding hydrogens is 246 g/mol. The lowest BCUT2D eigenvalue weighted by molar-refractivity contribution is 0.0381. The fourth-order valence-corrected chi connectivity index (χ4v) is 2.81. The van der Waals surface area contributed by atoms with Gasteiger partial charge in [0, 0.05) is 18.0 Å². The minimum absolute atomic E-state index is 0.894. The van der Waals surface area contributed by atoms with Gasteiger partial charge in [0.1, 0.15) is 5.75 Å². The van der Waals surface area contributed by atoms with Crippen molar-refractivity contribution in [3.05, 3.63) is 24.3 Å². The highest BCUT2D eigenvalue weighted by atomic mass is 32.2. The molecule has 0 unspecified atom stereocenters. The topological polar surface area (TPSA) is 21.7 Å². The summed E-state index contributed by atoms with van der Waals surface area (Å²) in [6.45, 7) is 5.16. The Kier molecular flexibility index (Phi) is 5.84. The number of ether oxygens (including phenoxy) is 2. The van der Waals surface area contributed by atoms with E-state index in [4.69, 9.17) is 9.47 Å². The van der Waals surface area contributed by atoms with Crippen LogP contribution in [0.25, 0.3) is 0 Å². The molecular formula is C14H21NO2S. The molecule has 0 atom stereocenters. The van der Waals surface area contributed by atoms with Crippen molar-refractivity contribution in [1.29, 1.82) is 0 Å². The van der Waals surface area contributed by atoms with Crippen molar-refractivity contribution in [2.24, 2.45) is 0 Å². The van der Waals surface area contributed by atoms with E-state index >= 15 is 0 Å². The van der Waals surface area contributed by atoms with Crippen LogP contribution in [0.15, 0.2) is 29.2 Å². The second kappa shape index (κ2) is 7.67. The summed E-state index contributed by atoms with van der Waals surface area (Å²) in [5.74, 6) is 2.09. The number of hydrogen-bond donors (Lipinski definition) is 0. The molecule has 1 heterocycles. The zero-order valence-electron chi connectivity index (χ0n) is 10.9. The summed E-state index contributed by atoms with van der Waals surface area (Å²) in [5.41, 5.74) is 0. The van der Waals surface area contributed by atoms with Crippen molar-refractivity contribution in [3.8, 4) is 5.75 Å². The molecule has 0 N–H and O–H groups in total. The van der Waals surface area contributed by atoms with Crippen LogP contribution in [0.3, 0.4) is 0 Å². The average molecular weight is 267 g/mol. The summed E-state index contributed by atoms with van der Waals surface area (Å²) in [4.78, 5) is 3.80. The van der Waals surface area contributed by atoms with Crippen molar-refractivity contribution in [3.63, 3.8) is 0 Å². The monoisotopic (exact) mass is 267 g/mol. The summed E-state index contributed by atoms with van der Waals surface area (Å²) < 4.78 is 10.5. The molecule has 4 heteroatoms. The fourth-order valence-electron chi connectivity index (χ4n) is 1.97. The highest BCUT2D eigenvalue weighted by Crippen LogP contribution is 2.21. The molecule has 0 amide bonds. The minimum atomic E-state index is 0.894. The van der Waals surface area contributed by atoms with Gasteiger partial charge >= 0.3 is 0 Å². The van der Waals surface area contributed by atoms with Gasteiger partial charge in [-0.1, -0.05) is 0 Å². The van der Waals surface area contributed by atoms with Gasteiger partial charge in [0.2, 0.25) is 0 Å². The highest BCUT2D eigenvalue weighted by molar-refractivity contribution is 7.99. The Morgan fingerprint density at radius 1 is 1.22 bits per heavy atom. The lowest BCUT2D eigenvalue weighted by Gasteiger charge is -2.26. The van der Waals surface area contributed by atoms with Crippen molar-refractivity contribution in [2.75, 3.05) is 45.7 Å². The Hall–Kier alpha value is -0.710. The van der Waals surface area contributed by atoms with E-state index in [1.165, 1.54) is 23.6 Å². The maximum absolute atomic E-state index is 5.34. The fraction of sp³-hybridized carbons (Fsp3) is 0.571. The number of methoxy groups -OCH3 is 1. The molecule has 1 aromatic rings. The first-order chi connectivity index (χ1) is 8.88. The predicted octanol–water partition coefficient (Wildman–Crippen LogP) is 2.51. The minimum Gasteiger partial charge on any atom is -0.497 e. The quantitative estimate of drug-likeness (QED) is 0.583. The molecule has 1 fully saturated rings. The molecule has 2 rings (SSSR count). The van der Waals surface area contributed by atoms with Crippen LogP contribution >= 0.6 is 11.8 Å². The van der Waals surface area contributed by atoms with Crippen LogP contribution in [0.2, 0.25) is 0 Å². The number of hydrogen-bond acceptors (Lipinski definition) is 4. The van der Waals surface area contributed by atoms with Gasteiger partial charge in [0.05, 0.1) is 20.3 Å². The molecule has 0 aliphatic carbocycles. The first-order valence-corrected chi connectivity index (χ1v) is 7.44. The largest absolute Gasteiger partial charge is 0.497 e. The van der Waals surface area contributed by atoms with Gasteiger partial charge < -0.3 is 9.47 Å². The number of morpholine rings is 1. The standard InChI is InChI=1S/C14H21NO2S/c1-16-13-3-5-14(6-4-13)18-12-2-7-15-8-10-17-11-9-15/h3-6H,2,7-12H2,1H3. The van der Waals surface area contributed by atoms with Gasteiger partial charge in [-0.25, -0.2) is 0 Å². The van der Waals surface area contributed by atoms with Crippen LogP contribution < -0.4 is 4.74 Å². The maximum atomic E-state index is 5.34. The van der Waals surface area contributed by atoms with Crippen LogP contribution in [-0.4, -0.2) is 50.6 Å². The van der Waals surface area contributed by atoms with Crippen molar-refractivity contribution in [1.82, 2.24) is 4.90 Å². The van der Waals surface area contributed by atoms with Crippen molar-refractivity contribution >= 4 is 11.8 Å². The number of nitrogens with zero attached hydrogens (tertiary/aromatic N) is 1. The SMILES string of the molecule is COc1ccc(SCCCN2CCOCC2)cc1. The molecule has 0 aromatic heterocycles. The van der Waals surface area contributed by atoms with Crippen molar-refractivity contribution < 1.29 is 9.47 Å². The Balaban J connectivity index is 1.62. The lowest BCUT2D eigenvalue weighted by Crippen LogP contribution is -2.36. The third kappa shape index (κ3) is 4.52. The number of rotatable bonds is 6. The Bertz CT molecular complexity index is 336. The second-order valence-corrected chi connectivity index (χ2v) is 5.50. The van der Waals surface area contributed by atoms with E-state index in [9.17, 15) is 0 Å². The smallest absolute Gasteiger partial charge is 0.118 e. The summed E-state index contributed by atoms with van der Waals surface area (Å²) in [6.07, 6.45) is 1.23. The van der Waals surface area contributed by atoms with E-state index in [2.05, 4.69) is 17.0 Å². The van der Waals surface area contributed by atoms with Gasteiger partial charge in [-0.05, 0) is 43.0 Å². The van der Waals surface area contributed by atoms with E-state index in [1.54, 1.807) is 7.11 Å². The van der Waals surface area contributed by atoms with E-state index in [1.807, 2.05) is 23.9 Å². The molecule has 0 spiro atoms. The summed E-state index contributed by atoms with van der Waals surface area (Å²) in [7, 11) is 1.70. The molecule has 1 aliphatic rings. The molecule has 18 heavy (non-hydrogen) atoms. The second-order valence-electron chi connectivity index (χ2n) is 4.33. The van der Waals surface area contributed by atoms with Crippen LogP contribution in [0.5, 0.6) is 5.75 Å². The molecule has 0 saturated carbocycles. The molecule has 3 nitrogen and oxygen atoms in total. The van der Waals surface area contributed by atoms with Gasteiger partial charge in [-0.3, -0.25) is 4.90 Å². The number of benzene rings is 1. The predicted molar refractivity (Wildman–Crippen MR) is 75.6 cm³/mol. The van der Waals surface area contributed by atoms with Crippen LogP contribution in [-0.2, 0) is 4.74 Å². The first kappa shape index (κ1) is 13.7. The zero-order chi connectivity index (χ0) is 12.6. The van der Waals surface area contributed by atoms with E-state index in [0.717, 1.165) is 32.1 Å². The lowest BCUT2D eigenvalue weighted by atomic mass is 10.3. The number of thioether (sulfide) groups is 1. The van der Waals surface area contributed by atoms with E-state index in [0.29, 0.717) is 0 Å². The van der Waals surface area contributed by atoms with E-state index < -0.39 is 0 Å². The van der Waals surface area contributed by atoms with Gasteiger partial charge in [0.15, 0.2) is 0 Å². The molecule has 100 valence electrons. The molecule has 1 saturated heterocycles. The Morgan fingerprint density at radius 3 is 2.61 bits per heavy atom. The summed E-state index contributed by atoms with van der Waals surface area (Å²) in [6, 6.07) is 8.28. The Morgan fingerprint density at radius 2 is 1.94 bits per heavy atom. The third-order valence-electron chi connectivity index (χ3n) is 3.05. The molecule has 0 radical (unpaired) electrons. The van der Waals surface area contributed by atoms with Crippen LogP contribution in [0, 0.1) is 0 Å². The zero-order valence-corrected chi connectivity index (χ0v) is 11.7. The van der Waals surface area contributed by atoms with Crippen LogP contribution in [0.4, 0.5) is 0 Å². The van der Waals surface area contributed by atoms with Gasteiger partial charge in [0.25, 0.3) is 0 Å². The summed E-state index contributed by atoms with van der Waals surface area (Å²) in [5, 5.41) is 0. The van der Waals surface area contributed by atoms with Gasteiger partial charge in [-0.2, -0.15) is 0 Å². The average Bonchev–Trinajstić information content (AvgIpc) is 2.45.